The van der Waals surface area contributed by atoms with Crippen molar-refractivity contribution in [2.45, 2.75) is 20.8 Å². The predicted octanol–water partition coefficient (Wildman–Crippen LogP) is 2.16. The molecular weight excluding hydrogens is 178 g/mol. The van der Waals surface area contributed by atoms with Crippen LogP contribution in [-0.2, 0) is 4.79 Å². The summed E-state index contributed by atoms with van der Waals surface area (Å²) < 4.78 is 0. The van der Waals surface area contributed by atoms with Crippen molar-refractivity contribution in [1.29, 1.82) is 0 Å². The zero-order valence-corrected chi connectivity index (χ0v) is 9.27. The average Bonchev–Trinajstić information content (AvgIpc) is 2.02. The van der Waals surface area contributed by atoms with Gasteiger partial charge in [-0.3, -0.25) is 4.79 Å². The van der Waals surface area contributed by atoms with Gasteiger partial charge in [0.25, 0.3) is 0 Å². The third kappa shape index (κ3) is 17.8. The zero-order chi connectivity index (χ0) is 9.11. The third-order valence-corrected chi connectivity index (χ3v) is 2.49. The van der Waals surface area contributed by atoms with Gasteiger partial charge in [-0.2, -0.15) is 0 Å². The summed E-state index contributed by atoms with van der Waals surface area (Å²) in [5, 5.41) is 2.71. The van der Waals surface area contributed by atoms with Crippen LogP contribution in [0.5, 0.6) is 0 Å². The van der Waals surface area contributed by atoms with Crippen LogP contribution in [0.25, 0.3) is 0 Å². The van der Waals surface area contributed by atoms with Crippen LogP contribution >= 0.6 is 21.6 Å². The van der Waals surface area contributed by atoms with Gasteiger partial charge in [0.05, 0.1) is 0 Å². The molecule has 2 nitrogen and oxygen atoms in total. The molecule has 0 unspecified atom stereocenters. The molecule has 0 heterocycles. The lowest BCUT2D eigenvalue weighted by Gasteiger charge is -1.97. The molecule has 0 aliphatic carbocycles. The van der Waals surface area contributed by atoms with Crippen LogP contribution in [0.1, 0.15) is 20.8 Å². The Hall–Kier alpha value is 0.170. The highest BCUT2D eigenvalue weighted by Crippen LogP contribution is 2.14. The molecule has 0 aromatic rings. The molecule has 0 aliphatic rings. The van der Waals surface area contributed by atoms with E-state index in [1.165, 1.54) is 6.92 Å². The van der Waals surface area contributed by atoms with E-state index < -0.39 is 0 Å². The van der Waals surface area contributed by atoms with Crippen LogP contribution in [0, 0.1) is 0 Å². The minimum atomic E-state index is 0.0525. The van der Waals surface area contributed by atoms with E-state index in [9.17, 15) is 4.79 Å². The van der Waals surface area contributed by atoms with Crippen LogP contribution in [0.2, 0.25) is 0 Å². The number of hydrogen-bond acceptors (Lipinski definition) is 3. The second-order valence-corrected chi connectivity index (χ2v) is 4.16. The fourth-order valence-electron chi connectivity index (χ4n) is 0.352. The highest BCUT2D eigenvalue weighted by Gasteiger charge is 1.88. The second-order valence-electron chi connectivity index (χ2n) is 1.47. The van der Waals surface area contributed by atoms with E-state index >= 15 is 0 Å². The van der Waals surface area contributed by atoms with E-state index in [0.717, 1.165) is 12.3 Å². The third-order valence-electron chi connectivity index (χ3n) is 0.677. The molecular formula is C7H17NOS2. The van der Waals surface area contributed by atoms with E-state index in [-0.39, 0.29) is 5.91 Å². The van der Waals surface area contributed by atoms with Gasteiger partial charge in [0.1, 0.15) is 0 Å². The van der Waals surface area contributed by atoms with Gasteiger partial charge in [-0.1, -0.05) is 35.4 Å². The quantitative estimate of drug-likeness (QED) is 0.550. The molecule has 0 aromatic carbocycles. The van der Waals surface area contributed by atoms with Crippen LogP contribution < -0.4 is 5.32 Å². The van der Waals surface area contributed by atoms with Gasteiger partial charge in [-0.15, -0.1) is 0 Å². The fourth-order valence-corrected chi connectivity index (χ4v) is 1.45. The van der Waals surface area contributed by atoms with Gasteiger partial charge in [-0.25, -0.2) is 0 Å². The van der Waals surface area contributed by atoms with Crippen LogP contribution in [0.15, 0.2) is 0 Å². The molecule has 1 amide bonds. The Morgan fingerprint density at radius 3 is 2.36 bits per heavy atom. The Balaban J connectivity index is 0. The molecule has 0 saturated carbocycles. The van der Waals surface area contributed by atoms with E-state index in [0.29, 0.717) is 0 Å². The number of carbonyl (C=O) groups is 1. The normalized spacial score (nSPS) is 8.00. The minimum Gasteiger partial charge on any atom is -0.355 e. The first-order chi connectivity index (χ1) is 5.27. The molecule has 0 radical (unpaired) electrons. The molecule has 0 aliphatic heterocycles. The van der Waals surface area contributed by atoms with E-state index in [4.69, 9.17) is 0 Å². The maximum absolute atomic E-state index is 10.3. The lowest BCUT2D eigenvalue weighted by atomic mass is 10.6. The summed E-state index contributed by atoms with van der Waals surface area (Å²) in [5.41, 5.74) is 0. The summed E-state index contributed by atoms with van der Waals surface area (Å²) in [5.74, 6) is 1.04. The number of nitrogens with one attached hydrogen (secondary N) is 1. The summed E-state index contributed by atoms with van der Waals surface area (Å²) >= 11 is 0. The van der Waals surface area contributed by atoms with Crippen molar-refractivity contribution in [3.8, 4) is 0 Å². The highest BCUT2D eigenvalue weighted by molar-refractivity contribution is 8.76. The smallest absolute Gasteiger partial charge is 0.216 e. The summed E-state index contributed by atoms with van der Waals surface area (Å²) in [6, 6.07) is 0. The Kier molecular flexibility index (Phi) is 16.0. The van der Waals surface area contributed by atoms with Gasteiger partial charge >= 0.3 is 0 Å². The average molecular weight is 195 g/mol. The largest absolute Gasteiger partial charge is 0.355 e. The molecule has 0 spiro atoms. The lowest BCUT2D eigenvalue weighted by molar-refractivity contribution is -0.118. The van der Waals surface area contributed by atoms with Gasteiger partial charge in [0.2, 0.25) is 5.91 Å². The zero-order valence-electron chi connectivity index (χ0n) is 7.64. The molecule has 11 heavy (non-hydrogen) atoms. The van der Waals surface area contributed by atoms with Crippen molar-refractivity contribution in [2.75, 3.05) is 18.6 Å². The van der Waals surface area contributed by atoms with Crippen LogP contribution in [-0.4, -0.2) is 24.5 Å². The van der Waals surface area contributed by atoms with Crippen molar-refractivity contribution in [1.82, 2.24) is 5.32 Å². The maximum atomic E-state index is 10.3. The summed E-state index contributed by atoms with van der Waals surface area (Å²) in [6.45, 7) is 6.31. The van der Waals surface area contributed by atoms with Crippen molar-refractivity contribution < 1.29 is 4.79 Å². The number of hydrogen-bond donors (Lipinski definition) is 1. The topological polar surface area (TPSA) is 29.1 Å². The summed E-state index contributed by atoms with van der Waals surface area (Å²) in [7, 11) is 3.47. The maximum Gasteiger partial charge on any atom is 0.216 e. The monoisotopic (exact) mass is 195 g/mol. The Labute approximate surface area is 77.3 Å². The van der Waals surface area contributed by atoms with Gasteiger partial charge in [0.15, 0.2) is 0 Å². The number of amides is 1. The molecule has 0 saturated heterocycles. The van der Waals surface area contributed by atoms with Crippen LogP contribution in [0.4, 0.5) is 0 Å². The minimum absolute atomic E-state index is 0.0525. The predicted molar refractivity (Wildman–Crippen MR) is 56.0 cm³/mol. The first-order valence-corrected chi connectivity index (χ1v) is 6.40. The van der Waals surface area contributed by atoms with Gasteiger partial charge < -0.3 is 5.32 Å². The first kappa shape index (κ1) is 13.7. The van der Waals surface area contributed by atoms with Crippen molar-refractivity contribution >= 4 is 27.5 Å². The summed E-state index contributed by atoms with van der Waals surface area (Å²) in [6.07, 6.45) is 2.03. The van der Waals surface area contributed by atoms with E-state index in [1.54, 1.807) is 21.6 Å². The van der Waals surface area contributed by atoms with Crippen molar-refractivity contribution in [2.24, 2.45) is 0 Å². The van der Waals surface area contributed by atoms with E-state index in [1.807, 2.05) is 20.1 Å². The van der Waals surface area contributed by atoms with Crippen molar-refractivity contribution in [3.05, 3.63) is 0 Å². The first-order valence-electron chi connectivity index (χ1n) is 3.67. The molecule has 0 aromatic heterocycles. The van der Waals surface area contributed by atoms with Crippen LogP contribution in [0.3, 0.4) is 0 Å². The van der Waals surface area contributed by atoms with E-state index in [2.05, 4.69) is 5.32 Å². The molecule has 68 valence electrons. The standard InChI is InChI=1S/C5H11NOS2.C2H6/c1-5(7)6-3-4-9-8-2;1-2/h3-4H2,1-2H3,(H,6,7);1-2H3. The molecule has 4 heteroatoms. The molecule has 0 fully saturated rings. The lowest BCUT2D eigenvalue weighted by Crippen LogP contribution is -2.22. The molecule has 0 atom stereocenters. The van der Waals surface area contributed by atoms with Gasteiger partial charge in [-0.05, 0) is 6.26 Å². The molecule has 1 N–H and O–H groups in total. The number of carbonyl (C=O) groups excluding carboxylic acids is 1. The summed E-state index contributed by atoms with van der Waals surface area (Å²) in [4.78, 5) is 10.3. The Morgan fingerprint density at radius 2 is 2.00 bits per heavy atom. The second kappa shape index (κ2) is 12.8. The Morgan fingerprint density at radius 1 is 1.45 bits per heavy atom. The number of rotatable bonds is 4. The molecule has 0 bridgehead atoms. The van der Waals surface area contributed by atoms with Crippen molar-refractivity contribution in [3.63, 3.8) is 0 Å². The fraction of sp³-hybridized carbons (Fsp3) is 0.857. The van der Waals surface area contributed by atoms with Gasteiger partial charge in [0, 0.05) is 19.2 Å². The molecule has 0 rings (SSSR count). The SMILES string of the molecule is CC.CSSCCNC(C)=O. The Bertz CT molecular complexity index is 88.5. The highest BCUT2D eigenvalue weighted by atomic mass is 33.1.